The summed E-state index contributed by atoms with van der Waals surface area (Å²) in [5.41, 5.74) is 0. The molecule has 0 bridgehead atoms. The van der Waals surface area contributed by atoms with Gasteiger partial charge in [0.2, 0.25) is 0 Å². The summed E-state index contributed by atoms with van der Waals surface area (Å²) in [6.45, 7) is 7.49. The molecule has 0 aromatic carbocycles. The maximum absolute atomic E-state index is 5.24. The summed E-state index contributed by atoms with van der Waals surface area (Å²) in [7, 11) is 0. The van der Waals surface area contributed by atoms with Crippen molar-refractivity contribution in [2.75, 3.05) is 0 Å². The SMILES string of the molecule is [CH-]=CC=[C-]CCCCCCCC/C=C/C=C\CCCCC.[U+2]. The zero-order valence-electron chi connectivity index (χ0n) is 14.5. The third-order valence-corrected chi connectivity index (χ3v) is 3.51. The molecule has 22 heavy (non-hydrogen) atoms. The summed E-state index contributed by atoms with van der Waals surface area (Å²) >= 11 is 0. The van der Waals surface area contributed by atoms with Crippen LogP contribution in [0.25, 0.3) is 0 Å². The van der Waals surface area contributed by atoms with Gasteiger partial charge in [-0.1, -0.05) is 76.2 Å². The predicted octanol–water partition coefficient (Wildman–Crippen LogP) is 7.15. The average molecular weight is 525 g/mol. The first-order valence-electron chi connectivity index (χ1n) is 8.83. The van der Waals surface area contributed by atoms with E-state index in [2.05, 4.69) is 37.3 Å². The summed E-state index contributed by atoms with van der Waals surface area (Å²) in [6.07, 6.45) is 31.0. The number of hydrogen-bond donors (Lipinski definition) is 0. The first kappa shape index (κ1) is 24.3. The summed E-state index contributed by atoms with van der Waals surface area (Å²) in [4.78, 5) is 0. The minimum atomic E-state index is 0. The summed E-state index contributed by atoms with van der Waals surface area (Å²) in [5.74, 6) is 0. The number of allylic oxidation sites excluding steroid dienone is 7. The van der Waals surface area contributed by atoms with Gasteiger partial charge in [0.1, 0.15) is 0 Å². The Morgan fingerprint density at radius 1 is 0.773 bits per heavy atom. The van der Waals surface area contributed by atoms with Gasteiger partial charge in [0.25, 0.3) is 0 Å². The van der Waals surface area contributed by atoms with E-state index >= 15 is 0 Å². The van der Waals surface area contributed by atoms with Crippen molar-refractivity contribution < 1.29 is 31.1 Å². The second-order valence-corrected chi connectivity index (χ2v) is 5.58. The molecule has 0 radical (unpaired) electrons. The van der Waals surface area contributed by atoms with Crippen LogP contribution in [0, 0.1) is 43.8 Å². The van der Waals surface area contributed by atoms with Gasteiger partial charge in [-0.3, -0.25) is 0 Å². The van der Waals surface area contributed by atoms with Crippen molar-refractivity contribution in [3.8, 4) is 0 Å². The Hall–Kier alpha value is 0.0119. The standard InChI is InChI=1S/C21H34.U/c1-3-5-7-9-11-13-15-17-19-21-20-18-16-14-12-10-8-6-4-2;/h1,3,5,12,14,16,18H,4,6,8-11,13,15,17,19-21H2,2H3;/q-2;+2/b14-12-,18-16+;. The minimum Gasteiger partial charge on any atom is -0.394 e. The van der Waals surface area contributed by atoms with Gasteiger partial charge in [-0.25, -0.2) is 0 Å². The Kier molecular flexibility index (Phi) is 25.7. The van der Waals surface area contributed by atoms with Crippen molar-refractivity contribution in [2.45, 2.75) is 84.0 Å². The van der Waals surface area contributed by atoms with Crippen LogP contribution in [-0.2, 0) is 0 Å². The zero-order valence-corrected chi connectivity index (χ0v) is 18.7. The normalized spacial score (nSPS) is 11.5. The minimum absolute atomic E-state index is 0. The quantitative estimate of drug-likeness (QED) is 0.121. The van der Waals surface area contributed by atoms with E-state index in [-0.39, 0.29) is 31.1 Å². The summed E-state index contributed by atoms with van der Waals surface area (Å²) in [5, 5.41) is 0. The molecule has 0 aromatic heterocycles. The van der Waals surface area contributed by atoms with Crippen molar-refractivity contribution >= 4 is 0 Å². The Labute approximate surface area is 163 Å². The smallest absolute Gasteiger partial charge is 0.394 e. The molecular formula is C21H34U. The average Bonchev–Trinajstić information content (AvgIpc) is 2.50. The van der Waals surface area contributed by atoms with E-state index in [0.29, 0.717) is 0 Å². The van der Waals surface area contributed by atoms with Crippen LogP contribution in [0.3, 0.4) is 0 Å². The molecule has 0 fully saturated rings. The number of hydrogen-bond acceptors (Lipinski definition) is 0. The van der Waals surface area contributed by atoms with Gasteiger partial charge >= 0.3 is 31.1 Å². The van der Waals surface area contributed by atoms with E-state index in [1.807, 2.05) is 6.08 Å². The van der Waals surface area contributed by atoms with Crippen molar-refractivity contribution in [3.63, 3.8) is 0 Å². The first-order valence-corrected chi connectivity index (χ1v) is 8.83. The molecule has 122 valence electrons. The fourth-order valence-electron chi connectivity index (χ4n) is 2.21. The van der Waals surface area contributed by atoms with Crippen molar-refractivity contribution in [2.24, 2.45) is 0 Å². The van der Waals surface area contributed by atoms with Gasteiger partial charge in [0.05, 0.1) is 0 Å². The molecule has 0 aromatic rings. The van der Waals surface area contributed by atoms with Crippen LogP contribution in [0.1, 0.15) is 84.0 Å². The van der Waals surface area contributed by atoms with Gasteiger partial charge in [-0.05, 0) is 25.7 Å². The van der Waals surface area contributed by atoms with E-state index < -0.39 is 0 Å². The fraction of sp³-hybridized carbons (Fsp3) is 0.619. The predicted molar refractivity (Wildman–Crippen MR) is 96.0 cm³/mol. The molecule has 0 rings (SSSR count). The first-order chi connectivity index (χ1) is 10.4. The number of rotatable bonds is 15. The van der Waals surface area contributed by atoms with Crippen LogP contribution in [0.2, 0.25) is 0 Å². The summed E-state index contributed by atoms with van der Waals surface area (Å²) in [6, 6.07) is 0. The van der Waals surface area contributed by atoms with Crippen molar-refractivity contribution in [1.82, 2.24) is 0 Å². The Balaban J connectivity index is 0. The molecule has 0 unspecified atom stereocenters. The van der Waals surface area contributed by atoms with Crippen LogP contribution in [-0.4, -0.2) is 0 Å². The monoisotopic (exact) mass is 524 g/mol. The molecule has 0 N–H and O–H groups in total. The Morgan fingerprint density at radius 2 is 1.32 bits per heavy atom. The molecular weight excluding hydrogens is 490 g/mol. The van der Waals surface area contributed by atoms with Crippen molar-refractivity contribution in [3.05, 3.63) is 49.1 Å². The van der Waals surface area contributed by atoms with E-state index in [1.165, 1.54) is 70.6 Å². The van der Waals surface area contributed by atoms with Gasteiger partial charge < -0.3 is 24.8 Å². The van der Waals surface area contributed by atoms with Gasteiger partial charge in [-0.2, -0.15) is 0 Å². The molecule has 0 saturated carbocycles. The molecule has 0 saturated heterocycles. The molecule has 0 atom stereocenters. The largest absolute Gasteiger partial charge is 2.00 e. The molecule has 0 amide bonds. The zero-order chi connectivity index (χ0) is 15.4. The van der Waals surface area contributed by atoms with Crippen LogP contribution in [0.15, 0.2) is 36.5 Å². The van der Waals surface area contributed by atoms with Gasteiger partial charge in [-0.15, -0.1) is 6.42 Å². The molecule has 0 aliphatic heterocycles. The Bertz CT molecular complexity index is 286. The van der Waals surface area contributed by atoms with Gasteiger partial charge in [0, 0.05) is 0 Å². The molecule has 0 spiro atoms. The van der Waals surface area contributed by atoms with E-state index in [1.54, 1.807) is 6.08 Å². The molecule has 0 aliphatic rings. The molecule has 0 aliphatic carbocycles. The van der Waals surface area contributed by atoms with E-state index in [4.69, 9.17) is 6.58 Å². The maximum Gasteiger partial charge on any atom is 2.00 e. The van der Waals surface area contributed by atoms with Crippen LogP contribution < -0.4 is 0 Å². The third-order valence-electron chi connectivity index (χ3n) is 3.51. The second kappa shape index (κ2) is 23.3. The maximum atomic E-state index is 5.24. The molecule has 1 heteroatoms. The topological polar surface area (TPSA) is 0 Å². The molecule has 0 nitrogen and oxygen atoms in total. The van der Waals surface area contributed by atoms with E-state index in [9.17, 15) is 0 Å². The molecule has 0 heterocycles. The van der Waals surface area contributed by atoms with Crippen LogP contribution in [0.5, 0.6) is 0 Å². The van der Waals surface area contributed by atoms with Gasteiger partial charge in [0.15, 0.2) is 0 Å². The van der Waals surface area contributed by atoms with Crippen LogP contribution in [0.4, 0.5) is 0 Å². The Morgan fingerprint density at radius 3 is 1.91 bits per heavy atom. The second-order valence-electron chi connectivity index (χ2n) is 5.58. The van der Waals surface area contributed by atoms with Crippen LogP contribution >= 0.6 is 0 Å². The van der Waals surface area contributed by atoms with E-state index in [0.717, 1.165) is 6.42 Å². The fourth-order valence-corrected chi connectivity index (χ4v) is 2.21. The summed E-state index contributed by atoms with van der Waals surface area (Å²) < 4.78 is 0. The van der Waals surface area contributed by atoms with Crippen molar-refractivity contribution in [1.29, 1.82) is 0 Å². The third kappa shape index (κ3) is 22.3. The number of unbranched alkanes of at least 4 members (excludes halogenated alkanes) is 10.